The minimum Gasteiger partial charge on any atom is -0.396 e. The van der Waals surface area contributed by atoms with Gasteiger partial charge in [0.1, 0.15) is 0 Å². The van der Waals surface area contributed by atoms with Crippen LogP contribution in [0, 0.1) is 5.92 Å². The topological polar surface area (TPSA) is 67.2 Å². The van der Waals surface area contributed by atoms with Gasteiger partial charge in [-0.15, -0.1) is 0 Å². The Morgan fingerprint density at radius 3 is 2.80 bits per heavy atom. The quantitative estimate of drug-likeness (QED) is 0.762. The highest BCUT2D eigenvalue weighted by Crippen LogP contribution is 2.19. The smallest absolute Gasteiger partial charge is 0.255 e. The molecule has 0 spiro atoms. The predicted molar refractivity (Wildman–Crippen MR) is 97.4 cm³/mol. The first-order chi connectivity index (χ1) is 12.2. The van der Waals surface area contributed by atoms with Crippen molar-refractivity contribution >= 4 is 5.91 Å². The maximum Gasteiger partial charge on any atom is 0.255 e. The summed E-state index contributed by atoms with van der Waals surface area (Å²) >= 11 is 0. The molecule has 0 aliphatic heterocycles. The van der Waals surface area contributed by atoms with E-state index in [0.717, 1.165) is 25.0 Å². The molecule has 25 heavy (non-hydrogen) atoms. The lowest BCUT2D eigenvalue weighted by molar-refractivity contribution is 0.0940. The first kappa shape index (κ1) is 17.4. The maximum atomic E-state index is 12.7. The number of aromatic nitrogens is 2. The standard InChI is InChI=1S/C20H25N3O2/c1-2-6-19-18(20(25)22-17-10-9-16(11-17)14-24)12-21-23(19)13-15-7-4-3-5-8-15/h3-5,7-10,12,16-17,24H,2,6,11,13-14H2,1H3,(H,22,25)/t16-,17+/m0/s1. The summed E-state index contributed by atoms with van der Waals surface area (Å²) < 4.78 is 1.93. The normalized spacial score (nSPS) is 19.3. The lowest BCUT2D eigenvalue weighted by Crippen LogP contribution is -2.33. The first-order valence-electron chi connectivity index (χ1n) is 8.90. The van der Waals surface area contributed by atoms with Crippen molar-refractivity contribution in [2.45, 2.75) is 38.8 Å². The molecule has 0 bridgehead atoms. The van der Waals surface area contributed by atoms with Crippen molar-refractivity contribution in [2.24, 2.45) is 5.92 Å². The Balaban J connectivity index is 1.74. The Bertz CT molecular complexity index is 737. The van der Waals surface area contributed by atoms with Crippen LogP contribution in [0.4, 0.5) is 0 Å². The zero-order valence-corrected chi connectivity index (χ0v) is 14.6. The highest BCUT2D eigenvalue weighted by Gasteiger charge is 2.23. The van der Waals surface area contributed by atoms with Gasteiger partial charge in [0, 0.05) is 18.6 Å². The fraction of sp³-hybridized carbons (Fsp3) is 0.400. The van der Waals surface area contributed by atoms with Gasteiger partial charge in [-0.3, -0.25) is 9.48 Å². The molecular weight excluding hydrogens is 314 g/mol. The molecule has 5 heteroatoms. The van der Waals surface area contributed by atoms with E-state index in [-0.39, 0.29) is 24.5 Å². The number of amides is 1. The molecule has 1 aromatic carbocycles. The summed E-state index contributed by atoms with van der Waals surface area (Å²) in [4.78, 5) is 12.7. The molecule has 1 amide bonds. The lowest BCUT2D eigenvalue weighted by Gasteiger charge is -2.13. The number of nitrogens with one attached hydrogen (secondary N) is 1. The fourth-order valence-electron chi connectivity index (χ4n) is 3.26. The second kappa shape index (κ2) is 8.12. The van der Waals surface area contributed by atoms with Gasteiger partial charge in [-0.1, -0.05) is 55.8 Å². The number of aliphatic hydroxyl groups excluding tert-OH is 1. The van der Waals surface area contributed by atoms with E-state index >= 15 is 0 Å². The third-order valence-electron chi connectivity index (χ3n) is 4.58. The van der Waals surface area contributed by atoms with Crippen LogP contribution in [0.15, 0.2) is 48.7 Å². The molecular formula is C20H25N3O2. The van der Waals surface area contributed by atoms with E-state index in [4.69, 9.17) is 0 Å². The molecule has 1 aliphatic rings. The number of benzene rings is 1. The van der Waals surface area contributed by atoms with Gasteiger partial charge in [0.2, 0.25) is 0 Å². The summed E-state index contributed by atoms with van der Waals surface area (Å²) in [6.45, 7) is 2.89. The molecule has 0 saturated carbocycles. The van der Waals surface area contributed by atoms with Crippen LogP contribution >= 0.6 is 0 Å². The molecule has 2 aromatic rings. The molecule has 0 unspecified atom stereocenters. The van der Waals surface area contributed by atoms with Crippen LogP contribution in [-0.4, -0.2) is 33.4 Å². The molecule has 1 aliphatic carbocycles. The van der Waals surface area contributed by atoms with Crippen molar-refractivity contribution < 1.29 is 9.90 Å². The number of carbonyl (C=O) groups excluding carboxylic acids is 1. The van der Waals surface area contributed by atoms with Gasteiger partial charge in [-0.25, -0.2) is 0 Å². The summed E-state index contributed by atoms with van der Waals surface area (Å²) in [7, 11) is 0. The Morgan fingerprint density at radius 2 is 2.12 bits per heavy atom. The lowest BCUT2D eigenvalue weighted by atomic mass is 10.1. The second-order valence-corrected chi connectivity index (χ2v) is 6.54. The molecule has 5 nitrogen and oxygen atoms in total. The number of hydrogen-bond acceptors (Lipinski definition) is 3. The molecule has 1 aromatic heterocycles. The summed E-state index contributed by atoms with van der Waals surface area (Å²) in [5, 5.41) is 16.7. The van der Waals surface area contributed by atoms with E-state index in [1.807, 2.05) is 35.0 Å². The molecule has 0 saturated heterocycles. The molecule has 132 valence electrons. The van der Waals surface area contributed by atoms with E-state index in [0.29, 0.717) is 12.1 Å². The molecule has 2 atom stereocenters. The highest BCUT2D eigenvalue weighted by atomic mass is 16.3. The number of nitrogens with zero attached hydrogens (tertiary/aromatic N) is 2. The van der Waals surface area contributed by atoms with Gasteiger partial charge in [-0.2, -0.15) is 5.10 Å². The van der Waals surface area contributed by atoms with Crippen LogP contribution in [0.2, 0.25) is 0 Å². The maximum absolute atomic E-state index is 12.7. The highest BCUT2D eigenvalue weighted by molar-refractivity contribution is 5.95. The zero-order valence-electron chi connectivity index (χ0n) is 14.6. The van der Waals surface area contributed by atoms with E-state index < -0.39 is 0 Å². The summed E-state index contributed by atoms with van der Waals surface area (Å²) in [5.74, 6) is 0.0530. The fourth-order valence-corrected chi connectivity index (χ4v) is 3.26. The summed E-state index contributed by atoms with van der Waals surface area (Å²) in [6.07, 6.45) is 8.13. The molecule has 0 radical (unpaired) electrons. The van der Waals surface area contributed by atoms with Gasteiger partial charge in [-0.05, 0) is 18.4 Å². The monoisotopic (exact) mass is 339 g/mol. The van der Waals surface area contributed by atoms with Crippen molar-refractivity contribution in [2.75, 3.05) is 6.61 Å². The van der Waals surface area contributed by atoms with Crippen LogP contribution in [0.25, 0.3) is 0 Å². The van der Waals surface area contributed by atoms with E-state index in [1.54, 1.807) is 6.20 Å². The van der Waals surface area contributed by atoms with Crippen LogP contribution in [-0.2, 0) is 13.0 Å². The minimum absolute atomic E-state index is 0.0170. The largest absolute Gasteiger partial charge is 0.396 e. The van der Waals surface area contributed by atoms with E-state index in [1.165, 1.54) is 5.56 Å². The van der Waals surface area contributed by atoms with Crippen LogP contribution in [0.3, 0.4) is 0 Å². The SMILES string of the molecule is CCCc1c(C(=O)N[C@@H]2C=C[C@H](CO)C2)cnn1Cc1ccccc1. The number of aliphatic hydroxyl groups is 1. The van der Waals surface area contributed by atoms with Crippen molar-refractivity contribution in [1.29, 1.82) is 0 Å². The minimum atomic E-state index is -0.0870. The summed E-state index contributed by atoms with van der Waals surface area (Å²) in [5.41, 5.74) is 2.79. The Kier molecular flexibility index (Phi) is 5.66. The van der Waals surface area contributed by atoms with E-state index in [2.05, 4.69) is 29.5 Å². The Morgan fingerprint density at radius 1 is 1.32 bits per heavy atom. The van der Waals surface area contributed by atoms with Crippen LogP contribution < -0.4 is 5.32 Å². The number of carbonyl (C=O) groups is 1. The van der Waals surface area contributed by atoms with Crippen molar-refractivity contribution in [3.8, 4) is 0 Å². The van der Waals surface area contributed by atoms with E-state index in [9.17, 15) is 9.90 Å². The molecule has 2 N–H and O–H groups in total. The average molecular weight is 339 g/mol. The van der Waals surface area contributed by atoms with Crippen LogP contribution in [0.5, 0.6) is 0 Å². The van der Waals surface area contributed by atoms with Gasteiger partial charge >= 0.3 is 0 Å². The van der Waals surface area contributed by atoms with Gasteiger partial charge in [0.15, 0.2) is 0 Å². The van der Waals surface area contributed by atoms with Gasteiger partial charge in [0.25, 0.3) is 5.91 Å². The predicted octanol–water partition coefficient (Wildman–Crippen LogP) is 2.55. The Labute approximate surface area is 148 Å². The third kappa shape index (κ3) is 4.17. The van der Waals surface area contributed by atoms with Crippen molar-refractivity contribution in [3.63, 3.8) is 0 Å². The van der Waals surface area contributed by atoms with Gasteiger partial charge < -0.3 is 10.4 Å². The molecule has 3 rings (SSSR count). The summed E-state index contributed by atoms with van der Waals surface area (Å²) in [6, 6.07) is 10.1. The second-order valence-electron chi connectivity index (χ2n) is 6.54. The van der Waals surface area contributed by atoms with Crippen molar-refractivity contribution in [3.05, 3.63) is 65.5 Å². The zero-order chi connectivity index (χ0) is 17.6. The molecule has 0 fully saturated rings. The van der Waals surface area contributed by atoms with Crippen LogP contribution in [0.1, 0.15) is 41.4 Å². The average Bonchev–Trinajstić information content (AvgIpc) is 3.23. The number of hydrogen-bond donors (Lipinski definition) is 2. The third-order valence-corrected chi connectivity index (χ3v) is 4.58. The van der Waals surface area contributed by atoms with Gasteiger partial charge in [0.05, 0.1) is 24.0 Å². The first-order valence-corrected chi connectivity index (χ1v) is 8.90. The molecule has 1 heterocycles. The number of rotatable bonds is 7. The van der Waals surface area contributed by atoms with Crippen molar-refractivity contribution in [1.82, 2.24) is 15.1 Å². The Hall–Kier alpha value is -2.40.